The van der Waals surface area contributed by atoms with Crippen LogP contribution in [0.5, 0.6) is 0 Å². The maximum atomic E-state index is 11.9. The van der Waals surface area contributed by atoms with E-state index < -0.39 is 0 Å². The van der Waals surface area contributed by atoms with Gasteiger partial charge in [0.05, 0.1) is 23.0 Å². The predicted molar refractivity (Wildman–Crippen MR) is 129 cm³/mol. The summed E-state index contributed by atoms with van der Waals surface area (Å²) in [4.78, 5) is 30.7. The van der Waals surface area contributed by atoms with Crippen molar-refractivity contribution in [3.05, 3.63) is 49.1 Å². The second kappa shape index (κ2) is 8.59. The lowest BCUT2D eigenvalue weighted by Crippen LogP contribution is -2.45. The molecule has 0 spiro atoms. The number of aryl methyl sites for hydroxylation is 1. The van der Waals surface area contributed by atoms with E-state index in [-0.39, 0.29) is 5.91 Å². The molecular weight excluding hydrogens is 416 g/mol. The molecule has 3 aromatic heterocycles. The lowest BCUT2D eigenvalue weighted by molar-refractivity contribution is -0.114. The summed E-state index contributed by atoms with van der Waals surface area (Å²) in [5.74, 6) is 1.18. The van der Waals surface area contributed by atoms with Crippen molar-refractivity contribution < 1.29 is 4.79 Å². The minimum atomic E-state index is -0.147. The number of nitrogens with zero attached hydrogens (tertiary/aromatic N) is 7. The highest BCUT2D eigenvalue weighted by molar-refractivity contribution is 5.97. The molecule has 1 aromatic carbocycles. The van der Waals surface area contributed by atoms with E-state index in [1.165, 1.54) is 6.92 Å². The quantitative estimate of drug-likeness (QED) is 0.520. The van der Waals surface area contributed by atoms with Gasteiger partial charge in [-0.25, -0.2) is 15.0 Å². The van der Waals surface area contributed by atoms with Crippen LogP contribution in [0.15, 0.2) is 49.1 Å². The van der Waals surface area contributed by atoms with Crippen LogP contribution in [-0.4, -0.2) is 68.8 Å². The number of carbonyl (C=O) groups excluding carboxylic acids is 1. The number of aromatic nitrogens is 5. The predicted octanol–water partition coefficient (Wildman–Crippen LogP) is 2.80. The number of fused-ring (bicyclic) bond motifs is 1. The van der Waals surface area contributed by atoms with Gasteiger partial charge in [-0.05, 0) is 24.7 Å². The topological polar surface area (TPSA) is 92.1 Å². The lowest BCUT2D eigenvalue weighted by atomic mass is 10.1. The second-order valence-electron chi connectivity index (χ2n) is 8.40. The van der Waals surface area contributed by atoms with Crippen LogP contribution in [0.4, 0.5) is 11.5 Å². The Hall–Kier alpha value is -3.85. The zero-order valence-electron chi connectivity index (χ0n) is 19.0. The minimum absolute atomic E-state index is 0.147. The van der Waals surface area contributed by atoms with Crippen LogP contribution in [-0.2, 0) is 11.8 Å². The van der Waals surface area contributed by atoms with Crippen molar-refractivity contribution in [2.45, 2.75) is 6.92 Å². The Kier molecular flexibility index (Phi) is 5.47. The molecular formula is C24H26N8O. The Balaban J connectivity index is 1.63. The SMILES string of the molecule is CC(=O)Nc1ccnc(N2CCN(C)CC2)c1-c1ncc2ccc(-c3cnn(C)c3)cc2n1. The van der Waals surface area contributed by atoms with Gasteiger partial charge in [-0.3, -0.25) is 9.48 Å². The number of anilines is 2. The summed E-state index contributed by atoms with van der Waals surface area (Å²) in [5, 5.41) is 8.16. The molecule has 1 aliphatic rings. The molecule has 1 amide bonds. The monoisotopic (exact) mass is 442 g/mol. The van der Waals surface area contributed by atoms with Gasteiger partial charge in [-0.2, -0.15) is 5.10 Å². The first-order valence-corrected chi connectivity index (χ1v) is 10.9. The summed E-state index contributed by atoms with van der Waals surface area (Å²) in [6.45, 7) is 5.08. The van der Waals surface area contributed by atoms with E-state index in [0.29, 0.717) is 11.5 Å². The maximum absolute atomic E-state index is 11.9. The Labute approximate surface area is 192 Å². The third-order valence-electron chi connectivity index (χ3n) is 5.89. The Morgan fingerprint density at radius 1 is 1.00 bits per heavy atom. The normalized spacial score (nSPS) is 14.6. The van der Waals surface area contributed by atoms with Crippen molar-refractivity contribution in [3.8, 4) is 22.5 Å². The van der Waals surface area contributed by atoms with Crippen molar-refractivity contribution in [2.24, 2.45) is 7.05 Å². The van der Waals surface area contributed by atoms with Crippen molar-refractivity contribution in [2.75, 3.05) is 43.4 Å². The molecule has 168 valence electrons. The summed E-state index contributed by atoms with van der Waals surface area (Å²) in [6, 6.07) is 7.91. The first-order valence-electron chi connectivity index (χ1n) is 10.9. The van der Waals surface area contributed by atoms with E-state index in [1.54, 1.807) is 16.9 Å². The van der Waals surface area contributed by atoms with Crippen LogP contribution >= 0.6 is 0 Å². The van der Waals surface area contributed by atoms with Gasteiger partial charge >= 0.3 is 0 Å². The third-order valence-corrected chi connectivity index (χ3v) is 5.89. The molecule has 9 heteroatoms. The van der Waals surface area contributed by atoms with Crippen LogP contribution in [0.25, 0.3) is 33.4 Å². The molecule has 0 aliphatic carbocycles. The molecule has 33 heavy (non-hydrogen) atoms. The van der Waals surface area contributed by atoms with Gasteiger partial charge in [0.15, 0.2) is 5.82 Å². The Morgan fingerprint density at radius 3 is 2.55 bits per heavy atom. The number of hydrogen-bond acceptors (Lipinski definition) is 7. The number of rotatable bonds is 4. The molecule has 4 aromatic rings. The van der Waals surface area contributed by atoms with Crippen molar-refractivity contribution in [1.29, 1.82) is 0 Å². The zero-order chi connectivity index (χ0) is 22.9. The molecule has 0 saturated carbocycles. The third kappa shape index (κ3) is 4.27. The van der Waals surface area contributed by atoms with Gasteiger partial charge in [0.1, 0.15) is 5.82 Å². The summed E-state index contributed by atoms with van der Waals surface area (Å²) < 4.78 is 1.78. The van der Waals surface area contributed by atoms with Gasteiger partial charge in [-0.15, -0.1) is 0 Å². The van der Waals surface area contributed by atoms with Crippen LogP contribution in [0.1, 0.15) is 6.92 Å². The number of likely N-dealkylation sites (N-methyl/N-ethyl adjacent to an activating group) is 1. The summed E-state index contributed by atoms with van der Waals surface area (Å²) >= 11 is 0. The average molecular weight is 443 g/mol. The number of benzene rings is 1. The van der Waals surface area contributed by atoms with Crippen molar-refractivity contribution >= 4 is 28.3 Å². The van der Waals surface area contributed by atoms with E-state index in [1.807, 2.05) is 43.8 Å². The van der Waals surface area contributed by atoms with E-state index >= 15 is 0 Å². The Bertz CT molecular complexity index is 1320. The molecule has 4 heterocycles. The molecule has 1 N–H and O–H groups in total. The fraction of sp³-hybridized carbons (Fsp3) is 0.292. The maximum Gasteiger partial charge on any atom is 0.221 e. The van der Waals surface area contributed by atoms with Gasteiger partial charge in [0.2, 0.25) is 5.91 Å². The Morgan fingerprint density at radius 2 is 1.82 bits per heavy atom. The highest BCUT2D eigenvalue weighted by Gasteiger charge is 2.23. The van der Waals surface area contributed by atoms with Gasteiger partial charge in [0.25, 0.3) is 0 Å². The summed E-state index contributed by atoms with van der Waals surface area (Å²) in [6.07, 6.45) is 7.36. The minimum Gasteiger partial charge on any atom is -0.353 e. The van der Waals surface area contributed by atoms with E-state index in [9.17, 15) is 4.79 Å². The first kappa shape index (κ1) is 21.0. The van der Waals surface area contributed by atoms with Gasteiger partial charge < -0.3 is 15.1 Å². The molecule has 0 unspecified atom stereocenters. The fourth-order valence-electron chi connectivity index (χ4n) is 4.12. The number of piperazine rings is 1. The van der Waals surface area contributed by atoms with Gasteiger partial charge in [0, 0.05) is 69.7 Å². The van der Waals surface area contributed by atoms with E-state index in [0.717, 1.165) is 59.6 Å². The van der Waals surface area contributed by atoms with E-state index in [4.69, 9.17) is 4.98 Å². The molecule has 0 atom stereocenters. The number of carbonyl (C=O) groups is 1. The van der Waals surface area contributed by atoms with Crippen molar-refractivity contribution in [1.82, 2.24) is 29.6 Å². The highest BCUT2D eigenvalue weighted by atomic mass is 16.1. The molecule has 1 fully saturated rings. The summed E-state index contributed by atoms with van der Waals surface area (Å²) in [5.41, 5.74) is 4.29. The number of hydrogen-bond donors (Lipinski definition) is 1. The van der Waals surface area contributed by atoms with E-state index in [2.05, 4.69) is 37.2 Å². The standard InChI is InChI=1S/C24H26N8O/c1-16(33)28-20-6-7-25-24(32-10-8-30(2)9-11-32)22(20)23-26-13-18-5-4-17(12-21(18)29-23)19-14-27-31(3)15-19/h4-7,12-15H,8-11H2,1-3H3,(H,25,28,33). The number of amides is 1. The molecule has 9 nitrogen and oxygen atoms in total. The van der Waals surface area contributed by atoms with Crippen LogP contribution in [0, 0.1) is 0 Å². The largest absolute Gasteiger partial charge is 0.353 e. The number of nitrogens with one attached hydrogen (secondary N) is 1. The highest BCUT2D eigenvalue weighted by Crippen LogP contribution is 2.35. The number of pyridine rings is 1. The lowest BCUT2D eigenvalue weighted by Gasteiger charge is -2.34. The van der Waals surface area contributed by atoms with Crippen LogP contribution in [0.3, 0.4) is 0 Å². The average Bonchev–Trinajstić information content (AvgIpc) is 3.25. The van der Waals surface area contributed by atoms with Crippen LogP contribution < -0.4 is 10.2 Å². The second-order valence-corrected chi connectivity index (χ2v) is 8.40. The molecule has 0 radical (unpaired) electrons. The van der Waals surface area contributed by atoms with Crippen molar-refractivity contribution in [3.63, 3.8) is 0 Å². The molecule has 1 aliphatic heterocycles. The fourth-order valence-corrected chi connectivity index (χ4v) is 4.12. The summed E-state index contributed by atoms with van der Waals surface area (Å²) in [7, 11) is 4.02. The van der Waals surface area contributed by atoms with Gasteiger partial charge in [-0.1, -0.05) is 12.1 Å². The zero-order valence-corrected chi connectivity index (χ0v) is 19.0. The first-order chi connectivity index (χ1) is 16.0. The molecule has 1 saturated heterocycles. The molecule has 5 rings (SSSR count). The smallest absolute Gasteiger partial charge is 0.221 e. The van der Waals surface area contributed by atoms with Crippen LogP contribution in [0.2, 0.25) is 0 Å². The molecule has 0 bridgehead atoms.